The lowest BCUT2D eigenvalue weighted by molar-refractivity contribution is 0.108. The van der Waals surface area contributed by atoms with Gasteiger partial charge in [0.15, 0.2) is 5.82 Å². The van der Waals surface area contributed by atoms with Gasteiger partial charge in [-0.15, -0.1) is 0 Å². The SMILES string of the molecule is C/C=C1\CN2CCCC2(COc2nc(N3C[C@@H]4C[C@H](C3)[C@H](O)C4)c3cnc(-c4cc(O)cc5ccc(F)c(CC)c45)c(F)c3n2)C1. The number of fused-ring (bicyclic) bond motifs is 5. The molecule has 0 amide bonds. The number of aromatic hydroxyl groups is 1. The molecular formula is C36H39F2N5O3. The fourth-order valence-electron chi connectivity index (χ4n) is 8.72. The van der Waals surface area contributed by atoms with Crippen molar-refractivity contribution >= 4 is 27.5 Å². The van der Waals surface area contributed by atoms with E-state index in [1.54, 1.807) is 18.3 Å². The molecule has 4 atom stereocenters. The number of allylic oxidation sites excluding steroid dienone is 1. The minimum atomic E-state index is -0.679. The van der Waals surface area contributed by atoms with E-state index in [2.05, 4.69) is 32.8 Å². The lowest BCUT2D eigenvalue weighted by atomic mass is 9.93. The van der Waals surface area contributed by atoms with Crippen molar-refractivity contribution in [3.05, 3.63) is 59.3 Å². The van der Waals surface area contributed by atoms with Crippen molar-refractivity contribution in [2.24, 2.45) is 11.8 Å². The molecule has 10 heteroatoms. The molecule has 2 aromatic carbocycles. The molecule has 3 aliphatic heterocycles. The Balaban J connectivity index is 1.27. The summed E-state index contributed by atoms with van der Waals surface area (Å²) < 4.78 is 38.3. The van der Waals surface area contributed by atoms with E-state index in [1.165, 1.54) is 17.7 Å². The van der Waals surface area contributed by atoms with Gasteiger partial charge in [-0.05, 0) is 92.4 Å². The monoisotopic (exact) mass is 627 g/mol. The number of aryl methyl sites for hydroxylation is 1. The highest BCUT2D eigenvalue weighted by atomic mass is 19.1. The number of nitrogens with zero attached hydrogens (tertiary/aromatic N) is 5. The topological polar surface area (TPSA) is 94.8 Å². The number of pyridine rings is 1. The van der Waals surface area contributed by atoms with Gasteiger partial charge in [0.05, 0.1) is 17.0 Å². The first-order valence-electron chi connectivity index (χ1n) is 16.5. The normalized spacial score (nSPS) is 26.9. The van der Waals surface area contributed by atoms with Crippen molar-refractivity contribution in [3.8, 4) is 23.0 Å². The molecule has 2 aromatic heterocycles. The number of piperidine rings is 1. The Bertz CT molecular complexity index is 1900. The molecular weight excluding hydrogens is 588 g/mol. The summed E-state index contributed by atoms with van der Waals surface area (Å²) >= 11 is 0. The van der Waals surface area contributed by atoms with Crippen LogP contribution in [0.15, 0.2) is 42.1 Å². The van der Waals surface area contributed by atoms with Crippen LogP contribution in [-0.2, 0) is 6.42 Å². The molecule has 2 N–H and O–H groups in total. The molecule has 5 heterocycles. The van der Waals surface area contributed by atoms with Gasteiger partial charge in [0.2, 0.25) is 0 Å². The molecule has 8 rings (SSSR count). The molecule has 1 aliphatic carbocycles. The van der Waals surface area contributed by atoms with Gasteiger partial charge in [0.1, 0.15) is 35.2 Å². The quantitative estimate of drug-likeness (QED) is 0.246. The lowest BCUT2D eigenvalue weighted by Crippen LogP contribution is -2.43. The van der Waals surface area contributed by atoms with Gasteiger partial charge in [-0.3, -0.25) is 9.88 Å². The van der Waals surface area contributed by atoms with Gasteiger partial charge in [-0.1, -0.05) is 24.6 Å². The Morgan fingerprint density at radius 1 is 1.15 bits per heavy atom. The van der Waals surface area contributed by atoms with Gasteiger partial charge in [-0.2, -0.15) is 9.97 Å². The number of phenolic OH excluding ortho intramolecular Hbond substituents is 1. The van der Waals surface area contributed by atoms with Gasteiger partial charge in [-0.25, -0.2) is 8.78 Å². The predicted octanol–water partition coefficient (Wildman–Crippen LogP) is 6.16. The standard InChI is InChI=1S/C36H39F2N5O3/c1-3-20-14-36(8-5-9-43(36)17-20)19-46-35-40-33-27(34(41-35)42-16-21-10-23(18-42)29(45)11-21)15-39-32(31(33)38)26-13-24(44)12-22-6-7-28(37)25(4-2)30(22)26/h3,6-7,12-13,15,21,23,29,44-45H,4-5,8-11,14,16-19H2,1-2H3/b20-3-/t21-,23-,29-,36?/m1/s1. The highest BCUT2D eigenvalue weighted by molar-refractivity contribution is 6.01. The van der Waals surface area contributed by atoms with Crippen LogP contribution in [0.4, 0.5) is 14.6 Å². The largest absolute Gasteiger partial charge is 0.508 e. The fraction of sp³-hybridized carbons (Fsp3) is 0.472. The van der Waals surface area contributed by atoms with E-state index in [9.17, 15) is 14.6 Å². The molecule has 0 spiro atoms. The maximum absolute atomic E-state index is 16.9. The molecule has 46 heavy (non-hydrogen) atoms. The smallest absolute Gasteiger partial charge is 0.319 e. The maximum atomic E-state index is 16.9. The van der Waals surface area contributed by atoms with E-state index in [0.717, 1.165) is 45.2 Å². The summed E-state index contributed by atoms with van der Waals surface area (Å²) in [7, 11) is 0. The Morgan fingerprint density at radius 3 is 2.83 bits per heavy atom. The van der Waals surface area contributed by atoms with Crippen LogP contribution < -0.4 is 9.64 Å². The highest BCUT2D eigenvalue weighted by Crippen LogP contribution is 2.44. The number of rotatable bonds is 6. The molecule has 3 saturated heterocycles. The zero-order valence-corrected chi connectivity index (χ0v) is 26.3. The van der Waals surface area contributed by atoms with E-state index < -0.39 is 11.6 Å². The molecule has 8 nitrogen and oxygen atoms in total. The van der Waals surface area contributed by atoms with Crippen molar-refractivity contribution in [1.82, 2.24) is 19.9 Å². The molecule has 2 bridgehead atoms. The third-order valence-corrected chi connectivity index (χ3v) is 11.0. The first-order valence-corrected chi connectivity index (χ1v) is 16.5. The zero-order chi connectivity index (χ0) is 31.7. The first-order chi connectivity index (χ1) is 22.3. The van der Waals surface area contributed by atoms with Gasteiger partial charge < -0.3 is 19.8 Å². The zero-order valence-electron chi connectivity index (χ0n) is 26.3. The number of halogens is 2. The highest BCUT2D eigenvalue weighted by Gasteiger charge is 2.47. The Morgan fingerprint density at radius 2 is 2.02 bits per heavy atom. The lowest BCUT2D eigenvalue weighted by Gasteiger charge is -2.34. The van der Waals surface area contributed by atoms with E-state index >= 15 is 4.39 Å². The van der Waals surface area contributed by atoms with E-state index in [-0.39, 0.29) is 40.5 Å². The van der Waals surface area contributed by atoms with Crippen LogP contribution >= 0.6 is 0 Å². The number of aromatic nitrogens is 3. The van der Waals surface area contributed by atoms with Gasteiger partial charge in [0.25, 0.3) is 0 Å². The summed E-state index contributed by atoms with van der Waals surface area (Å²) in [6, 6.07) is 6.05. The van der Waals surface area contributed by atoms with Gasteiger partial charge >= 0.3 is 6.01 Å². The number of hydrogen-bond donors (Lipinski definition) is 2. The van der Waals surface area contributed by atoms with E-state index in [4.69, 9.17) is 9.72 Å². The molecule has 4 fully saturated rings. The third-order valence-electron chi connectivity index (χ3n) is 11.0. The second-order valence-corrected chi connectivity index (χ2v) is 13.7. The number of aliphatic hydroxyl groups is 1. The molecule has 1 saturated carbocycles. The maximum Gasteiger partial charge on any atom is 0.319 e. The summed E-state index contributed by atoms with van der Waals surface area (Å²) in [6.07, 6.45) is 8.55. The average Bonchev–Trinajstić information content (AvgIpc) is 3.68. The molecule has 4 aliphatic rings. The van der Waals surface area contributed by atoms with E-state index in [0.29, 0.717) is 65.1 Å². The number of ether oxygens (including phenoxy) is 1. The number of benzene rings is 2. The van der Waals surface area contributed by atoms with Gasteiger partial charge in [0, 0.05) is 37.3 Å². The van der Waals surface area contributed by atoms with Crippen LogP contribution in [0, 0.1) is 23.5 Å². The molecule has 240 valence electrons. The van der Waals surface area contributed by atoms with Crippen molar-refractivity contribution in [2.75, 3.05) is 37.7 Å². The Hall–Kier alpha value is -3.89. The summed E-state index contributed by atoms with van der Waals surface area (Å²) in [5.41, 5.74) is 2.05. The molecule has 0 radical (unpaired) electrons. The van der Waals surface area contributed by atoms with Crippen molar-refractivity contribution in [1.29, 1.82) is 0 Å². The van der Waals surface area contributed by atoms with Crippen molar-refractivity contribution in [2.45, 2.75) is 64.0 Å². The minimum Gasteiger partial charge on any atom is -0.508 e. The Labute approximate surface area is 266 Å². The summed E-state index contributed by atoms with van der Waals surface area (Å²) in [5, 5.41) is 22.8. The third kappa shape index (κ3) is 4.71. The van der Waals surface area contributed by atoms with Crippen LogP contribution in [0.2, 0.25) is 0 Å². The Kier molecular flexibility index (Phi) is 7.14. The van der Waals surface area contributed by atoms with Crippen LogP contribution in [-0.4, -0.2) is 74.5 Å². The van der Waals surface area contributed by atoms with Crippen LogP contribution in [0.3, 0.4) is 0 Å². The van der Waals surface area contributed by atoms with Crippen LogP contribution in [0.5, 0.6) is 11.8 Å². The first kappa shape index (κ1) is 29.5. The minimum absolute atomic E-state index is 0.0208. The van der Waals surface area contributed by atoms with Crippen molar-refractivity contribution < 1.29 is 23.7 Å². The molecule has 1 unspecified atom stereocenters. The van der Waals surface area contributed by atoms with Crippen LogP contribution in [0.25, 0.3) is 32.9 Å². The number of aliphatic hydroxyl groups excluding tert-OH is 1. The second kappa shape index (κ2) is 11.1. The fourth-order valence-corrected chi connectivity index (χ4v) is 8.72. The summed E-state index contributed by atoms with van der Waals surface area (Å²) in [5.74, 6) is -0.144. The average molecular weight is 628 g/mol. The summed E-state index contributed by atoms with van der Waals surface area (Å²) in [4.78, 5) is 18.7. The number of phenols is 1. The summed E-state index contributed by atoms with van der Waals surface area (Å²) in [6.45, 7) is 7.58. The second-order valence-electron chi connectivity index (χ2n) is 13.7. The van der Waals surface area contributed by atoms with E-state index in [1.807, 2.05) is 6.92 Å². The molecule has 4 aromatic rings. The van der Waals surface area contributed by atoms with Crippen molar-refractivity contribution in [3.63, 3.8) is 0 Å². The number of hydrogen-bond acceptors (Lipinski definition) is 8. The predicted molar refractivity (Wildman–Crippen MR) is 173 cm³/mol. The van der Waals surface area contributed by atoms with Crippen LogP contribution in [0.1, 0.15) is 51.5 Å². The number of anilines is 1.